The molecule has 0 radical (unpaired) electrons. The van der Waals surface area contributed by atoms with E-state index in [1.165, 1.54) is 0 Å². The summed E-state index contributed by atoms with van der Waals surface area (Å²) in [6.45, 7) is 6.12. The van der Waals surface area contributed by atoms with Crippen molar-refractivity contribution < 1.29 is 0 Å². The van der Waals surface area contributed by atoms with E-state index in [-0.39, 0.29) is 6.17 Å². The minimum absolute atomic E-state index is 0.111. The molecule has 0 aliphatic rings. The Hall–Kier alpha value is -0.660. The van der Waals surface area contributed by atoms with Crippen molar-refractivity contribution in [1.82, 2.24) is 0 Å². The molecular weight excluding hydrogens is 124 g/mol. The van der Waals surface area contributed by atoms with Crippen molar-refractivity contribution in [2.75, 3.05) is 0 Å². The van der Waals surface area contributed by atoms with Crippen LogP contribution in [0.15, 0.2) is 9.98 Å². The van der Waals surface area contributed by atoms with Crippen molar-refractivity contribution >= 4 is 12.4 Å². The molecule has 0 aliphatic carbocycles. The van der Waals surface area contributed by atoms with E-state index in [9.17, 15) is 0 Å². The third-order valence-electron chi connectivity index (χ3n) is 1.01. The lowest BCUT2D eigenvalue weighted by molar-refractivity contribution is 0.797. The van der Waals surface area contributed by atoms with Gasteiger partial charge in [0.15, 0.2) is 0 Å². The molecule has 58 valence electrons. The first-order valence-electron chi connectivity index (χ1n) is 3.84. The van der Waals surface area contributed by atoms with E-state index in [4.69, 9.17) is 0 Å². The fourth-order valence-electron chi connectivity index (χ4n) is 0.554. The SMILES string of the molecule is CC/C=N\C(C)/N=C\CC. The largest absolute Gasteiger partial charge is 0.271 e. The maximum atomic E-state index is 4.16. The summed E-state index contributed by atoms with van der Waals surface area (Å²) in [6, 6.07) is 0. The van der Waals surface area contributed by atoms with E-state index in [1.54, 1.807) is 0 Å². The highest BCUT2D eigenvalue weighted by Gasteiger charge is 1.86. The van der Waals surface area contributed by atoms with E-state index in [1.807, 2.05) is 19.4 Å². The summed E-state index contributed by atoms with van der Waals surface area (Å²) in [4.78, 5) is 8.31. The minimum Gasteiger partial charge on any atom is -0.271 e. The number of rotatable bonds is 4. The lowest BCUT2D eigenvalue weighted by Crippen LogP contribution is -1.92. The molecule has 0 aromatic heterocycles. The van der Waals surface area contributed by atoms with Crippen molar-refractivity contribution in [3.05, 3.63) is 0 Å². The highest BCUT2D eigenvalue weighted by molar-refractivity contribution is 5.59. The van der Waals surface area contributed by atoms with Crippen LogP contribution in [0.5, 0.6) is 0 Å². The minimum atomic E-state index is 0.111. The van der Waals surface area contributed by atoms with Gasteiger partial charge in [0.05, 0.1) is 0 Å². The molecule has 2 heteroatoms. The average Bonchev–Trinajstić information content (AvgIpc) is 1.97. The molecule has 0 unspecified atom stereocenters. The van der Waals surface area contributed by atoms with Gasteiger partial charge in [0.25, 0.3) is 0 Å². The van der Waals surface area contributed by atoms with Crippen molar-refractivity contribution in [1.29, 1.82) is 0 Å². The smallest absolute Gasteiger partial charge is 0.135 e. The highest BCUT2D eigenvalue weighted by atomic mass is 15.0. The topological polar surface area (TPSA) is 24.7 Å². The van der Waals surface area contributed by atoms with Gasteiger partial charge in [-0.15, -0.1) is 0 Å². The van der Waals surface area contributed by atoms with E-state index in [2.05, 4.69) is 23.8 Å². The van der Waals surface area contributed by atoms with Crippen LogP contribution in [-0.2, 0) is 0 Å². The first-order valence-corrected chi connectivity index (χ1v) is 3.84. The molecule has 0 rings (SSSR count). The molecule has 0 bridgehead atoms. The number of nitrogens with zero attached hydrogens (tertiary/aromatic N) is 2. The molecule has 0 fully saturated rings. The van der Waals surface area contributed by atoms with Crippen LogP contribution in [0.4, 0.5) is 0 Å². The van der Waals surface area contributed by atoms with Crippen LogP contribution in [0.3, 0.4) is 0 Å². The maximum absolute atomic E-state index is 4.16. The highest BCUT2D eigenvalue weighted by Crippen LogP contribution is 1.89. The van der Waals surface area contributed by atoms with Gasteiger partial charge < -0.3 is 0 Å². The zero-order chi connectivity index (χ0) is 7.82. The Balaban J connectivity index is 3.52. The average molecular weight is 140 g/mol. The molecular formula is C8H16N2. The lowest BCUT2D eigenvalue weighted by Gasteiger charge is -1.95. The van der Waals surface area contributed by atoms with Gasteiger partial charge >= 0.3 is 0 Å². The molecule has 0 saturated heterocycles. The van der Waals surface area contributed by atoms with Gasteiger partial charge in [-0.2, -0.15) is 0 Å². The second-order valence-electron chi connectivity index (χ2n) is 2.11. The zero-order valence-corrected chi connectivity index (χ0v) is 7.04. The summed E-state index contributed by atoms with van der Waals surface area (Å²) in [5, 5.41) is 0. The monoisotopic (exact) mass is 140 g/mol. The summed E-state index contributed by atoms with van der Waals surface area (Å²) in [7, 11) is 0. The van der Waals surface area contributed by atoms with Crippen molar-refractivity contribution in [2.45, 2.75) is 39.8 Å². The number of aliphatic imine (C=N–C) groups is 2. The van der Waals surface area contributed by atoms with Crippen LogP contribution in [0.25, 0.3) is 0 Å². The molecule has 0 aromatic carbocycles. The Morgan fingerprint density at radius 3 is 1.80 bits per heavy atom. The molecule has 0 heterocycles. The van der Waals surface area contributed by atoms with Gasteiger partial charge in [0.2, 0.25) is 0 Å². The number of hydrogen-bond acceptors (Lipinski definition) is 2. The van der Waals surface area contributed by atoms with Gasteiger partial charge in [-0.05, 0) is 19.8 Å². The van der Waals surface area contributed by atoms with Gasteiger partial charge in [0.1, 0.15) is 6.17 Å². The fourth-order valence-corrected chi connectivity index (χ4v) is 0.554. The van der Waals surface area contributed by atoms with Gasteiger partial charge in [-0.1, -0.05) is 13.8 Å². The third kappa shape index (κ3) is 5.48. The first-order chi connectivity index (χ1) is 4.81. The fraction of sp³-hybridized carbons (Fsp3) is 0.750. The standard InChI is InChI=1S/C8H16N2/c1-4-6-9-8(3)10-7-5-2/h6-8H,4-5H2,1-3H3/b9-6-,10-7-. The lowest BCUT2D eigenvalue weighted by atomic mass is 10.5. The van der Waals surface area contributed by atoms with E-state index < -0.39 is 0 Å². The summed E-state index contributed by atoms with van der Waals surface area (Å²) >= 11 is 0. The molecule has 0 atom stereocenters. The molecule has 0 saturated carbocycles. The van der Waals surface area contributed by atoms with Crippen LogP contribution in [0, 0.1) is 0 Å². The second-order valence-corrected chi connectivity index (χ2v) is 2.11. The van der Waals surface area contributed by atoms with Crippen LogP contribution in [0.2, 0.25) is 0 Å². The normalized spacial score (nSPS) is 12.4. The summed E-state index contributed by atoms with van der Waals surface area (Å²) in [5.74, 6) is 0. The Kier molecular flexibility index (Phi) is 6.03. The second kappa shape index (κ2) is 6.46. The van der Waals surface area contributed by atoms with Crippen molar-refractivity contribution in [3.8, 4) is 0 Å². The Morgan fingerprint density at radius 1 is 1.10 bits per heavy atom. The van der Waals surface area contributed by atoms with Crippen molar-refractivity contribution in [2.24, 2.45) is 9.98 Å². The van der Waals surface area contributed by atoms with Crippen LogP contribution >= 0.6 is 0 Å². The molecule has 0 amide bonds. The predicted molar refractivity (Wildman–Crippen MR) is 47.0 cm³/mol. The van der Waals surface area contributed by atoms with Gasteiger partial charge in [-0.25, -0.2) is 0 Å². The first kappa shape index (κ1) is 9.34. The molecule has 2 nitrogen and oxygen atoms in total. The van der Waals surface area contributed by atoms with E-state index in [0.29, 0.717) is 0 Å². The van der Waals surface area contributed by atoms with E-state index in [0.717, 1.165) is 12.8 Å². The summed E-state index contributed by atoms with van der Waals surface area (Å²) < 4.78 is 0. The molecule has 0 N–H and O–H groups in total. The van der Waals surface area contributed by atoms with Crippen LogP contribution in [0.1, 0.15) is 33.6 Å². The van der Waals surface area contributed by atoms with E-state index >= 15 is 0 Å². The van der Waals surface area contributed by atoms with Crippen LogP contribution < -0.4 is 0 Å². The summed E-state index contributed by atoms with van der Waals surface area (Å²) in [5.41, 5.74) is 0. The van der Waals surface area contributed by atoms with Crippen LogP contribution in [-0.4, -0.2) is 18.6 Å². The Labute approximate surface area is 63.1 Å². The molecule has 0 spiro atoms. The molecule has 0 aliphatic heterocycles. The quantitative estimate of drug-likeness (QED) is 0.535. The Bertz CT molecular complexity index is 102. The summed E-state index contributed by atoms with van der Waals surface area (Å²) in [6.07, 6.45) is 5.90. The van der Waals surface area contributed by atoms with Crippen molar-refractivity contribution in [3.63, 3.8) is 0 Å². The predicted octanol–water partition coefficient (Wildman–Crippen LogP) is 2.29. The number of hydrogen-bond donors (Lipinski definition) is 0. The maximum Gasteiger partial charge on any atom is 0.135 e. The Morgan fingerprint density at radius 2 is 1.50 bits per heavy atom. The van der Waals surface area contributed by atoms with Gasteiger partial charge in [-0.3, -0.25) is 9.98 Å². The zero-order valence-electron chi connectivity index (χ0n) is 7.04. The molecule has 10 heavy (non-hydrogen) atoms. The molecule has 0 aromatic rings. The third-order valence-corrected chi connectivity index (χ3v) is 1.01. The van der Waals surface area contributed by atoms with Gasteiger partial charge in [0, 0.05) is 12.4 Å².